The minimum absolute atomic E-state index is 0.0243. The van der Waals surface area contributed by atoms with Gasteiger partial charge in [0.1, 0.15) is 22.4 Å². The molecule has 0 aliphatic heterocycles. The molecule has 0 aliphatic carbocycles. The molecule has 51 heavy (non-hydrogen) atoms. The van der Waals surface area contributed by atoms with Crippen molar-refractivity contribution in [3.8, 4) is 23.0 Å². The molecule has 3 amide bonds. The van der Waals surface area contributed by atoms with E-state index < -0.39 is 17.1 Å². The van der Waals surface area contributed by atoms with Crippen LogP contribution >= 0.6 is 11.8 Å². The third kappa shape index (κ3) is 9.49. The van der Waals surface area contributed by atoms with Gasteiger partial charge in [-0.2, -0.15) is 0 Å². The van der Waals surface area contributed by atoms with Gasteiger partial charge in [-0.05, 0) is 48.0 Å². The van der Waals surface area contributed by atoms with Gasteiger partial charge in [0.25, 0.3) is 11.8 Å². The second-order valence-electron chi connectivity index (χ2n) is 10.9. The van der Waals surface area contributed by atoms with Crippen LogP contribution in [0.1, 0.15) is 26.7 Å². The molecule has 5 aromatic rings. The molecule has 0 saturated heterocycles. The summed E-state index contributed by atoms with van der Waals surface area (Å²) in [6.45, 7) is 0. The Morgan fingerprint density at radius 1 is 0.647 bits per heavy atom. The van der Waals surface area contributed by atoms with Gasteiger partial charge in [0.2, 0.25) is 5.91 Å². The Labute approximate surface area is 300 Å². The van der Waals surface area contributed by atoms with E-state index in [-0.39, 0.29) is 11.6 Å². The maximum Gasteiger partial charge on any atom is 0.272 e. The Morgan fingerprint density at radius 2 is 1.31 bits per heavy atom. The Kier molecular flexibility index (Phi) is 12.4. The zero-order valence-corrected chi connectivity index (χ0v) is 29.3. The van der Waals surface area contributed by atoms with Crippen molar-refractivity contribution in [1.29, 1.82) is 0 Å². The van der Waals surface area contributed by atoms with Gasteiger partial charge >= 0.3 is 0 Å². The van der Waals surface area contributed by atoms with Crippen molar-refractivity contribution >= 4 is 46.9 Å². The first kappa shape index (κ1) is 36.1. The van der Waals surface area contributed by atoms with Crippen LogP contribution in [-0.4, -0.2) is 46.2 Å². The number of benzene rings is 5. The van der Waals surface area contributed by atoms with Crippen LogP contribution in [0.5, 0.6) is 23.0 Å². The zero-order chi connectivity index (χ0) is 36.2. The molecule has 0 radical (unpaired) electrons. The predicted octanol–water partition coefficient (Wildman–Crippen LogP) is 7.60. The SMILES string of the molecule is COc1cc(NC(=O)C(Sc2cccc(NC(=O)/C(=C\c3cccc(OC)c3OC)NC(=O)c3ccccc3)c2)c2ccccc2)cc(OC)c1. The standard InChI is InChI=1S/C40H37N3O7S/c1-47-31-22-30(23-32(25-31)48-2)42-40(46)37(26-13-7-5-8-14-26)51-33-19-12-18-29(24-33)41-39(45)34(43-38(44)27-15-9-6-10-16-27)21-28-17-11-20-35(49-3)36(28)50-4/h5-25,37H,1-4H3,(H,41,45)(H,42,46)(H,43,44)/b34-21+. The number of methoxy groups -OCH3 is 4. The van der Waals surface area contributed by atoms with E-state index in [1.54, 1.807) is 99.1 Å². The number of carbonyl (C=O) groups excluding carboxylic acids is 3. The molecular weight excluding hydrogens is 667 g/mol. The third-order valence-electron chi connectivity index (χ3n) is 7.57. The lowest BCUT2D eigenvalue weighted by atomic mass is 10.1. The van der Waals surface area contributed by atoms with E-state index >= 15 is 0 Å². The number of nitrogens with one attached hydrogen (secondary N) is 3. The fourth-order valence-corrected chi connectivity index (χ4v) is 6.18. The van der Waals surface area contributed by atoms with Crippen molar-refractivity contribution in [3.63, 3.8) is 0 Å². The van der Waals surface area contributed by atoms with Crippen LogP contribution < -0.4 is 34.9 Å². The van der Waals surface area contributed by atoms with Crippen molar-refractivity contribution in [3.05, 3.63) is 144 Å². The Bertz CT molecular complexity index is 2000. The van der Waals surface area contributed by atoms with Crippen LogP contribution in [-0.2, 0) is 9.59 Å². The first-order chi connectivity index (χ1) is 24.8. The van der Waals surface area contributed by atoms with Crippen molar-refractivity contribution < 1.29 is 33.3 Å². The molecule has 0 heterocycles. The highest BCUT2D eigenvalue weighted by Crippen LogP contribution is 2.38. The Hall–Kier alpha value is -6.20. The van der Waals surface area contributed by atoms with E-state index in [4.69, 9.17) is 18.9 Å². The van der Waals surface area contributed by atoms with Crippen LogP contribution in [0.2, 0.25) is 0 Å². The number of hydrogen-bond donors (Lipinski definition) is 3. The number of hydrogen-bond acceptors (Lipinski definition) is 8. The summed E-state index contributed by atoms with van der Waals surface area (Å²) in [4.78, 5) is 41.6. The monoisotopic (exact) mass is 703 g/mol. The van der Waals surface area contributed by atoms with Gasteiger partial charge in [0, 0.05) is 45.6 Å². The number of anilines is 2. The highest BCUT2D eigenvalue weighted by atomic mass is 32.2. The van der Waals surface area contributed by atoms with E-state index in [9.17, 15) is 14.4 Å². The number of thioether (sulfide) groups is 1. The lowest BCUT2D eigenvalue weighted by Gasteiger charge is -2.18. The van der Waals surface area contributed by atoms with Gasteiger partial charge in [-0.25, -0.2) is 0 Å². The highest BCUT2D eigenvalue weighted by Gasteiger charge is 2.24. The molecule has 5 aromatic carbocycles. The molecule has 0 aromatic heterocycles. The minimum atomic E-state index is -0.657. The molecule has 0 bridgehead atoms. The summed E-state index contributed by atoms with van der Waals surface area (Å²) >= 11 is 1.32. The van der Waals surface area contributed by atoms with E-state index in [1.165, 1.54) is 32.1 Å². The largest absolute Gasteiger partial charge is 0.497 e. The van der Waals surface area contributed by atoms with Gasteiger partial charge in [0.15, 0.2) is 11.5 Å². The summed E-state index contributed by atoms with van der Waals surface area (Å²) in [5, 5.41) is 7.98. The van der Waals surface area contributed by atoms with Crippen molar-refractivity contribution in [2.24, 2.45) is 0 Å². The summed E-state index contributed by atoms with van der Waals surface area (Å²) in [6, 6.07) is 35.5. The first-order valence-corrected chi connectivity index (χ1v) is 16.7. The summed E-state index contributed by atoms with van der Waals surface area (Å²) in [5.41, 5.74) is 2.62. The Morgan fingerprint density at radius 3 is 1.96 bits per heavy atom. The highest BCUT2D eigenvalue weighted by molar-refractivity contribution is 8.00. The topological polar surface area (TPSA) is 124 Å². The molecule has 1 atom stereocenters. The summed E-state index contributed by atoms with van der Waals surface area (Å²) in [5.74, 6) is 0.634. The Balaban J connectivity index is 1.42. The number of rotatable bonds is 14. The second-order valence-corrected chi connectivity index (χ2v) is 12.1. The van der Waals surface area contributed by atoms with Crippen LogP contribution in [0.25, 0.3) is 6.08 Å². The molecule has 11 heteroatoms. The van der Waals surface area contributed by atoms with Crippen molar-refractivity contribution in [1.82, 2.24) is 5.32 Å². The molecule has 5 rings (SSSR count). The fourth-order valence-electron chi connectivity index (χ4n) is 5.09. The molecule has 0 aliphatic rings. The predicted molar refractivity (Wildman–Crippen MR) is 200 cm³/mol. The fraction of sp³-hybridized carbons (Fsp3) is 0.125. The number of amides is 3. The smallest absolute Gasteiger partial charge is 0.272 e. The van der Waals surface area contributed by atoms with Gasteiger partial charge in [-0.15, -0.1) is 11.8 Å². The van der Waals surface area contributed by atoms with Gasteiger partial charge in [-0.3, -0.25) is 14.4 Å². The molecule has 10 nitrogen and oxygen atoms in total. The number of ether oxygens (including phenoxy) is 4. The van der Waals surface area contributed by atoms with E-state index in [2.05, 4.69) is 16.0 Å². The normalized spacial score (nSPS) is 11.5. The van der Waals surface area contributed by atoms with Gasteiger partial charge in [-0.1, -0.05) is 66.7 Å². The molecular formula is C40H37N3O7S. The second kappa shape index (κ2) is 17.5. The van der Waals surface area contributed by atoms with Gasteiger partial charge < -0.3 is 34.9 Å². The summed E-state index contributed by atoms with van der Waals surface area (Å²) in [7, 11) is 6.10. The third-order valence-corrected chi connectivity index (χ3v) is 8.82. The van der Waals surface area contributed by atoms with Crippen molar-refractivity contribution in [2.45, 2.75) is 10.1 Å². The first-order valence-electron chi connectivity index (χ1n) is 15.8. The van der Waals surface area contributed by atoms with Gasteiger partial charge in [0.05, 0.1) is 28.4 Å². The lowest BCUT2D eigenvalue weighted by molar-refractivity contribution is -0.116. The van der Waals surface area contributed by atoms with E-state index in [1.807, 2.05) is 36.4 Å². The van der Waals surface area contributed by atoms with E-state index in [0.29, 0.717) is 50.4 Å². The van der Waals surface area contributed by atoms with Crippen molar-refractivity contribution in [2.75, 3.05) is 39.1 Å². The van der Waals surface area contributed by atoms with Crippen LogP contribution in [0.3, 0.4) is 0 Å². The average molecular weight is 704 g/mol. The average Bonchev–Trinajstić information content (AvgIpc) is 3.17. The van der Waals surface area contributed by atoms with Crippen LogP contribution in [0.4, 0.5) is 11.4 Å². The molecule has 1 unspecified atom stereocenters. The number of para-hydroxylation sites is 1. The van der Waals surface area contributed by atoms with E-state index in [0.717, 1.165) is 5.56 Å². The quantitative estimate of drug-likeness (QED) is 0.0798. The molecule has 0 saturated carbocycles. The molecule has 0 spiro atoms. The number of carbonyl (C=O) groups is 3. The lowest BCUT2D eigenvalue weighted by Crippen LogP contribution is -2.30. The minimum Gasteiger partial charge on any atom is -0.497 e. The van der Waals surface area contributed by atoms with Crippen LogP contribution in [0.15, 0.2) is 132 Å². The van der Waals surface area contributed by atoms with Crippen LogP contribution in [0, 0.1) is 0 Å². The maximum atomic E-state index is 13.9. The maximum absolute atomic E-state index is 13.9. The molecule has 260 valence electrons. The molecule has 3 N–H and O–H groups in total. The molecule has 0 fully saturated rings. The zero-order valence-electron chi connectivity index (χ0n) is 28.5. The summed E-state index contributed by atoms with van der Waals surface area (Å²) in [6.07, 6.45) is 1.53. The summed E-state index contributed by atoms with van der Waals surface area (Å²) < 4.78 is 21.7.